The molecular formula is C21H16N2O. The monoisotopic (exact) mass is 312 g/mol. The predicted octanol–water partition coefficient (Wildman–Crippen LogP) is 4.06. The van der Waals surface area contributed by atoms with Crippen LogP contribution in [-0.2, 0) is 11.3 Å². The van der Waals surface area contributed by atoms with E-state index in [9.17, 15) is 10.1 Å². The maximum atomic E-state index is 12.3. The second-order valence-electron chi connectivity index (χ2n) is 5.41. The first kappa shape index (κ1) is 15.5. The van der Waals surface area contributed by atoms with E-state index in [0.717, 1.165) is 21.9 Å². The summed E-state index contributed by atoms with van der Waals surface area (Å²) >= 11 is 0. The third-order valence-electron chi connectivity index (χ3n) is 3.78. The van der Waals surface area contributed by atoms with Crippen LogP contribution in [0.3, 0.4) is 0 Å². The minimum Gasteiger partial charge on any atom is -0.347 e. The largest absolute Gasteiger partial charge is 0.347 e. The number of nitriles is 1. The van der Waals surface area contributed by atoms with Crippen LogP contribution < -0.4 is 5.32 Å². The Morgan fingerprint density at radius 2 is 1.67 bits per heavy atom. The van der Waals surface area contributed by atoms with Crippen molar-refractivity contribution in [3.63, 3.8) is 0 Å². The van der Waals surface area contributed by atoms with Gasteiger partial charge < -0.3 is 5.32 Å². The van der Waals surface area contributed by atoms with Crippen LogP contribution in [0.4, 0.5) is 0 Å². The maximum Gasteiger partial charge on any atom is 0.262 e. The van der Waals surface area contributed by atoms with Gasteiger partial charge in [-0.2, -0.15) is 5.26 Å². The van der Waals surface area contributed by atoms with Gasteiger partial charge in [-0.15, -0.1) is 0 Å². The first-order valence-electron chi connectivity index (χ1n) is 7.69. The zero-order valence-electron chi connectivity index (χ0n) is 13.1. The van der Waals surface area contributed by atoms with Crippen LogP contribution in [0.25, 0.3) is 16.8 Å². The fourth-order valence-electron chi connectivity index (χ4n) is 2.55. The number of hydrogen-bond acceptors (Lipinski definition) is 2. The van der Waals surface area contributed by atoms with E-state index in [1.807, 2.05) is 78.9 Å². The first-order valence-corrected chi connectivity index (χ1v) is 7.69. The van der Waals surface area contributed by atoms with Crippen LogP contribution in [0.15, 0.2) is 78.4 Å². The minimum atomic E-state index is -0.366. The molecule has 0 aliphatic rings. The zero-order chi connectivity index (χ0) is 16.8. The summed E-state index contributed by atoms with van der Waals surface area (Å²) in [6, 6.07) is 25.4. The van der Waals surface area contributed by atoms with E-state index in [-0.39, 0.29) is 11.5 Å². The van der Waals surface area contributed by atoms with E-state index in [1.165, 1.54) is 0 Å². The summed E-state index contributed by atoms with van der Waals surface area (Å²) in [7, 11) is 0. The van der Waals surface area contributed by atoms with Crippen LogP contribution in [0.5, 0.6) is 0 Å². The SMILES string of the molecule is N#CC(=Cc1cccc2ccccc12)C(=O)NCc1ccccc1. The lowest BCUT2D eigenvalue weighted by Gasteiger charge is -2.06. The third-order valence-corrected chi connectivity index (χ3v) is 3.78. The molecule has 0 radical (unpaired) electrons. The zero-order valence-corrected chi connectivity index (χ0v) is 13.1. The van der Waals surface area contributed by atoms with Crippen LogP contribution in [0.2, 0.25) is 0 Å². The maximum absolute atomic E-state index is 12.3. The van der Waals surface area contributed by atoms with Crippen molar-refractivity contribution in [1.29, 1.82) is 5.26 Å². The quantitative estimate of drug-likeness (QED) is 0.583. The van der Waals surface area contributed by atoms with Gasteiger partial charge in [-0.05, 0) is 28.0 Å². The molecule has 0 aliphatic heterocycles. The van der Waals surface area contributed by atoms with Gasteiger partial charge in [0.1, 0.15) is 11.6 Å². The fraction of sp³-hybridized carbons (Fsp3) is 0.0476. The fourth-order valence-corrected chi connectivity index (χ4v) is 2.55. The average molecular weight is 312 g/mol. The van der Waals surface area contributed by atoms with Gasteiger partial charge in [0.05, 0.1) is 0 Å². The molecule has 0 fully saturated rings. The molecule has 0 aliphatic carbocycles. The molecule has 24 heavy (non-hydrogen) atoms. The molecule has 0 saturated carbocycles. The van der Waals surface area contributed by atoms with Gasteiger partial charge >= 0.3 is 0 Å². The van der Waals surface area contributed by atoms with Crippen LogP contribution in [0.1, 0.15) is 11.1 Å². The number of fused-ring (bicyclic) bond motifs is 1. The van der Waals surface area contributed by atoms with Crippen LogP contribution in [0, 0.1) is 11.3 Å². The van der Waals surface area contributed by atoms with Gasteiger partial charge in [-0.25, -0.2) is 0 Å². The van der Waals surface area contributed by atoms with Gasteiger partial charge in [-0.1, -0.05) is 72.8 Å². The molecule has 3 rings (SSSR count). The second-order valence-corrected chi connectivity index (χ2v) is 5.41. The molecular weight excluding hydrogens is 296 g/mol. The molecule has 1 amide bonds. The number of carbonyl (C=O) groups excluding carboxylic acids is 1. The van der Waals surface area contributed by atoms with E-state index in [4.69, 9.17) is 0 Å². The number of amides is 1. The number of hydrogen-bond donors (Lipinski definition) is 1. The molecule has 0 bridgehead atoms. The van der Waals surface area contributed by atoms with Crippen molar-refractivity contribution in [1.82, 2.24) is 5.32 Å². The highest BCUT2D eigenvalue weighted by Crippen LogP contribution is 2.20. The molecule has 116 valence electrons. The average Bonchev–Trinajstić information content (AvgIpc) is 2.65. The smallest absolute Gasteiger partial charge is 0.262 e. The Bertz CT molecular complexity index is 931. The molecule has 0 unspecified atom stereocenters. The van der Waals surface area contributed by atoms with E-state index in [2.05, 4.69) is 5.32 Å². The van der Waals surface area contributed by atoms with Crippen molar-refractivity contribution in [3.05, 3.63) is 89.5 Å². The first-order chi connectivity index (χ1) is 11.8. The summed E-state index contributed by atoms with van der Waals surface area (Å²) in [5.74, 6) is -0.366. The van der Waals surface area contributed by atoms with Gasteiger partial charge in [0.25, 0.3) is 5.91 Å². The van der Waals surface area contributed by atoms with Gasteiger partial charge in [0, 0.05) is 6.54 Å². The molecule has 3 aromatic carbocycles. The van der Waals surface area contributed by atoms with Crippen LogP contribution >= 0.6 is 0 Å². The lowest BCUT2D eigenvalue weighted by atomic mass is 10.0. The summed E-state index contributed by atoms with van der Waals surface area (Å²) in [6.45, 7) is 0.397. The number of nitrogens with one attached hydrogen (secondary N) is 1. The molecule has 0 aromatic heterocycles. The molecule has 0 spiro atoms. The molecule has 3 nitrogen and oxygen atoms in total. The molecule has 3 heteroatoms. The summed E-state index contributed by atoms with van der Waals surface area (Å²) in [5, 5.41) is 14.2. The normalized spacial score (nSPS) is 11.0. The lowest BCUT2D eigenvalue weighted by molar-refractivity contribution is -0.117. The Kier molecular flexibility index (Phi) is 4.69. The Balaban J connectivity index is 1.83. The number of rotatable bonds is 4. The molecule has 0 atom stereocenters. The third kappa shape index (κ3) is 3.50. The van der Waals surface area contributed by atoms with Crippen molar-refractivity contribution in [2.75, 3.05) is 0 Å². The van der Waals surface area contributed by atoms with E-state index in [0.29, 0.717) is 6.54 Å². The van der Waals surface area contributed by atoms with E-state index in [1.54, 1.807) is 6.08 Å². The van der Waals surface area contributed by atoms with Crippen molar-refractivity contribution >= 4 is 22.8 Å². The van der Waals surface area contributed by atoms with E-state index < -0.39 is 0 Å². The van der Waals surface area contributed by atoms with Crippen molar-refractivity contribution in [2.45, 2.75) is 6.54 Å². The Hall–Kier alpha value is -3.38. The topological polar surface area (TPSA) is 52.9 Å². The van der Waals surface area contributed by atoms with Crippen molar-refractivity contribution in [3.8, 4) is 6.07 Å². The second kappa shape index (κ2) is 7.26. The Morgan fingerprint density at radius 1 is 0.958 bits per heavy atom. The molecule has 3 aromatic rings. The Labute approximate surface area is 140 Å². The Morgan fingerprint density at radius 3 is 2.46 bits per heavy atom. The lowest BCUT2D eigenvalue weighted by Crippen LogP contribution is -2.23. The highest BCUT2D eigenvalue weighted by atomic mass is 16.1. The standard InChI is InChI=1S/C21H16N2O/c22-14-19(21(24)23-15-16-7-2-1-3-8-16)13-18-11-6-10-17-9-4-5-12-20(17)18/h1-13H,15H2,(H,23,24). The van der Waals surface area contributed by atoms with Crippen molar-refractivity contribution in [2.24, 2.45) is 0 Å². The van der Waals surface area contributed by atoms with Crippen molar-refractivity contribution < 1.29 is 4.79 Å². The molecule has 0 saturated heterocycles. The highest BCUT2D eigenvalue weighted by Gasteiger charge is 2.09. The van der Waals surface area contributed by atoms with Gasteiger partial charge in [0.15, 0.2) is 0 Å². The highest BCUT2D eigenvalue weighted by molar-refractivity contribution is 6.04. The van der Waals surface area contributed by atoms with Gasteiger partial charge in [-0.3, -0.25) is 4.79 Å². The number of carbonyl (C=O) groups is 1. The summed E-state index contributed by atoms with van der Waals surface area (Å²) in [5.41, 5.74) is 1.95. The summed E-state index contributed by atoms with van der Waals surface area (Å²) < 4.78 is 0. The van der Waals surface area contributed by atoms with Gasteiger partial charge in [0.2, 0.25) is 0 Å². The van der Waals surface area contributed by atoms with E-state index >= 15 is 0 Å². The molecule has 0 heterocycles. The predicted molar refractivity (Wildman–Crippen MR) is 95.8 cm³/mol. The number of nitrogens with zero attached hydrogens (tertiary/aromatic N) is 1. The molecule has 1 N–H and O–H groups in total. The summed E-state index contributed by atoms with van der Waals surface area (Å²) in [4.78, 5) is 12.3. The minimum absolute atomic E-state index is 0.0993. The number of benzene rings is 3. The van der Waals surface area contributed by atoms with Crippen LogP contribution in [-0.4, -0.2) is 5.91 Å². The summed E-state index contributed by atoms with van der Waals surface area (Å²) in [6.07, 6.45) is 1.64.